The first-order valence-corrected chi connectivity index (χ1v) is 9.54. The van der Waals surface area contributed by atoms with E-state index in [-0.39, 0.29) is 11.9 Å². The highest BCUT2D eigenvalue weighted by molar-refractivity contribution is 9.10. The number of nitrogens with zero attached hydrogens (tertiary/aromatic N) is 1. The molecule has 1 aliphatic heterocycles. The van der Waals surface area contributed by atoms with Gasteiger partial charge in [0.15, 0.2) is 0 Å². The van der Waals surface area contributed by atoms with Crippen LogP contribution in [0.1, 0.15) is 36.4 Å². The second kappa shape index (κ2) is 9.11. The zero-order valence-electron chi connectivity index (χ0n) is 14.2. The summed E-state index contributed by atoms with van der Waals surface area (Å²) in [5.41, 5.74) is 2.23. The van der Waals surface area contributed by atoms with Crippen molar-refractivity contribution in [3.05, 3.63) is 64.4 Å². The number of aryl methyl sites for hydroxylation is 1. The molecule has 2 aromatic rings. The van der Waals surface area contributed by atoms with Crippen molar-refractivity contribution in [3.63, 3.8) is 0 Å². The molecule has 0 radical (unpaired) electrons. The maximum absolute atomic E-state index is 12.6. The third kappa shape index (κ3) is 5.13. The number of nitrogens with one attached hydrogen (secondary N) is 1. The number of carbonyl (C=O) groups excluding carboxylic acids is 1. The Bertz CT molecular complexity index is 687. The van der Waals surface area contributed by atoms with E-state index in [0.717, 1.165) is 48.1 Å². The van der Waals surface area contributed by atoms with Crippen molar-refractivity contribution in [2.75, 3.05) is 13.2 Å². The van der Waals surface area contributed by atoms with E-state index in [2.05, 4.69) is 32.3 Å². The number of hydrogen-bond donors (Lipinski definition) is 1. The highest BCUT2D eigenvalue weighted by Crippen LogP contribution is 2.30. The van der Waals surface area contributed by atoms with E-state index in [0.29, 0.717) is 12.3 Å². The normalized spacial score (nSPS) is 16.4. The van der Waals surface area contributed by atoms with Gasteiger partial charge >= 0.3 is 0 Å². The van der Waals surface area contributed by atoms with Gasteiger partial charge in [-0.15, -0.1) is 0 Å². The summed E-state index contributed by atoms with van der Waals surface area (Å²) in [7, 11) is 0. The van der Waals surface area contributed by atoms with E-state index < -0.39 is 0 Å². The predicted octanol–water partition coefficient (Wildman–Crippen LogP) is 4.06. The molecule has 4 nitrogen and oxygen atoms in total. The molecule has 132 valence electrons. The van der Waals surface area contributed by atoms with E-state index in [9.17, 15) is 4.79 Å². The minimum atomic E-state index is 0.00399. The zero-order chi connectivity index (χ0) is 17.5. The number of hydrogen-bond acceptors (Lipinski definition) is 3. The Morgan fingerprint density at radius 2 is 2.04 bits per heavy atom. The van der Waals surface area contributed by atoms with E-state index >= 15 is 0 Å². The van der Waals surface area contributed by atoms with Gasteiger partial charge < -0.3 is 10.1 Å². The molecule has 0 saturated carbocycles. The van der Waals surface area contributed by atoms with Crippen LogP contribution in [0, 0.1) is 5.92 Å². The molecule has 0 unspecified atom stereocenters. The average Bonchev–Trinajstić information content (AvgIpc) is 2.67. The third-order valence-electron chi connectivity index (χ3n) is 4.68. The molecule has 0 bridgehead atoms. The lowest BCUT2D eigenvalue weighted by molar-refractivity contribution is -0.122. The summed E-state index contributed by atoms with van der Waals surface area (Å²) in [6.07, 6.45) is 6.74. The highest BCUT2D eigenvalue weighted by atomic mass is 79.9. The maximum Gasteiger partial charge on any atom is 0.220 e. The molecule has 1 aromatic heterocycles. The minimum absolute atomic E-state index is 0.00399. The Balaban J connectivity index is 1.65. The van der Waals surface area contributed by atoms with Crippen molar-refractivity contribution < 1.29 is 9.53 Å². The highest BCUT2D eigenvalue weighted by Gasteiger charge is 2.27. The SMILES string of the molecule is O=C(CCc1ccccc1Br)N[C@H](c1cccnc1)C1CCOCC1. The van der Waals surface area contributed by atoms with Crippen molar-refractivity contribution in [2.45, 2.75) is 31.7 Å². The van der Waals surface area contributed by atoms with Gasteiger partial charge in [0, 0.05) is 36.5 Å². The summed E-state index contributed by atoms with van der Waals surface area (Å²) < 4.78 is 6.53. The molecule has 3 rings (SSSR count). The summed E-state index contributed by atoms with van der Waals surface area (Å²) in [6.45, 7) is 1.52. The molecule has 1 aliphatic rings. The minimum Gasteiger partial charge on any atom is -0.381 e. The first-order valence-electron chi connectivity index (χ1n) is 8.74. The molecule has 0 spiro atoms. The molecule has 5 heteroatoms. The smallest absolute Gasteiger partial charge is 0.220 e. The number of aromatic nitrogens is 1. The van der Waals surface area contributed by atoms with Crippen LogP contribution < -0.4 is 5.32 Å². The van der Waals surface area contributed by atoms with Crippen molar-refractivity contribution in [1.29, 1.82) is 0 Å². The van der Waals surface area contributed by atoms with Gasteiger partial charge in [-0.3, -0.25) is 9.78 Å². The second-order valence-electron chi connectivity index (χ2n) is 6.37. The fourth-order valence-electron chi connectivity index (χ4n) is 3.28. The molecule has 1 amide bonds. The fraction of sp³-hybridized carbons (Fsp3) is 0.400. The topological polar surface area (TPSA) is 51.2 Å². The Labute approximate surface area is 157 Å². The van der Waals surface area contributed by atoms with E-state index in [4.69, 9.17) is 4.74 Å². The molecule has 2 heterocycles. The first-order chi connectivity index (χ1) is 12.2. The summed E-state index contributed by atoms with van der Waals surface area (Å²) in [6, 6.07) is 12.0. The second-order valence-corrected chi connectivity index (χ2v) is 7.23. The van der Waals surface area contributed by atoms with Crippen LogP contribution in [0.3, 0.4) is 0 Å². The van der Waals surface area contributed by atoms with Crippen molar-refractivity contribution >= 4 is 21.8 Å². The van der Waals surface area contributed by atoms with Crippen LogP contribution in [-0.4, -0.2) is 24.1 Å². The summed E-state index contributed by atoms with van der Waals surface area (Å²) >= 11 is 3.54. The van der Waals surface area contributed by atoms with Gasteiger partial charge in [0.05, 0.1) is 6.04 Å². The molecule has 1 fully saturated rings. The molecule has 0 aliphatic carbocycles. The maximum atomic E-state index is 12.6. The van der Waals surface area contributed by atoms with Gasteiger partial charge in [-0.2, -0.15) is 0 Å². The van der Waals surface area contributed by atoms with Crippen LogP contribution in [0.5, 0.6) is 0 Å². The van der Waals surface area contributed by atoms with Crippen LogP contribution in [0.2, 0.25) is 0 Å². The molecule has 1 atom stereocenters. The monoisotopic (exact) mass is 402 g/mol. The molecular formula is C20H23BrN2O2. The lowest BCUT2D eigenvalue weighted by Gasteiger charge is -2.31. The molecule has 1 aromatic carbocycles. The number of pyridine rings is 1. The number of benzene rings is 1. The molecule has 1 N–H and O–H groups in total. The van der Waals surface area contributed by atoms with E-state index in [1.807, 2.05) is 36.5 Å². The Hall–Kier alpha value is -1.72. The number of halogens is 1. The van der Waals surface area contributed by atoms with E-state index in [1.165, 1.54) is 0 Å². The van der Waals surface area contributed by atoms with Gasteiger partial charge in [-0.25, -0.2) is 0 Å². The largest absolute Gasteiger partial charge is 0.381 e. The Morgan fingerprint density at radius 3 is 2.76 bits per heavy atom. The van der Waals surface area contributed by atoms with Gasteiger partial charge in [-0.1, -0.05) is 40.2 Å². The zero-order valence-corrected chi connectivity index (χ0v) is 15.7. The number of ether oxygens (including phenoxy) is 1. The quantitative estimate of drug-likeness (QED) is 0.792. The predicted molar refractivity (Wildman–Crippen MR) is 101 cm³/mol. The van der Waals surface area contributed by atoms with Gasteiger partial charge in [0.25, 0.3) is 0 Å². The van der Waals surface area contributed by atoms with Gasteiger partial charge in [-0.05, 0) is 48.4 Å². The summed E-state index contributed by atoms with van der Waals surface area (Å²) in [5, 5.41) is 3.24. The number of rotatable bonds is 6. The van der Waals surface area contributed by atoms with Gasteiger partial charge in [0.2, 0.25) is 5.91 Å². The molecular weight excluding hydrogens is 380 g/mol. The van der Waals surface area contributed by atoms with Crippen molar-refractivity contribution in [3.8, 4) is 0 Å². The number of carbonyl (C=O) groups is 1. The van der Waals surface area contributed by atoms with Crippen molar-refractivity contribution in [1.82, 2.24) is 10.3 Å². The molecule has 25 heavy (non-hydrogen) atoms. The van der Waals surface area contributed by atoms with Crippen molar-refractivity contribution in [2.24, 2.45) is 5.92 Å². The summed E-state index contributed by atoms with van der Waals surface area (Å²) in [4.78, 5) is 16.8. The van der Waals surface area contributed by atoms with Crippen LogP contribution in [0.25, 0.3) is 0 Å². The fourth-order valence-corrected chi connectivity index (χ4v) is 3.76. The van der Waals surface area contributed by atoms with Crippen LogP contribution in [-0.2, 0) is 16.0 Å². The van der Waals surface area contributed by atoms with E-state index in [1.54, 1.807) is 6.20 Å². The van der Waals surface area contributed by atoms with Crippen LogP contribution >= 0.6 is 15.9 Å². The summed E-state index contributed by atoms with van der Waals surface area (Å²) in [5.74, 6) is 0.474. The Morgan fingerprint density at radius 1 is 1.24 bits per heavy atom. The van der Waals surface area contributed by atoms with Crippen LogP contribution in [0.4, 0.5) is 0 Å². The lowest BCUT2D eigenvalue weighted by atomic mass is 9.87. The van der Waals surface area contributed by atoms with Crippen LogP contribution in [0.15, 0.2) is 53.3 Å². The lowest BCUT2D eigenvalue weighted by Crippen LogP contribution is -2.36. The van der Waals surface area contributed by atoms with Gasteiger partial charge in [0.1, 0.15) is 0 Å². The number of amides is 1. The third-order valence-corrected chi connectivity index (χ3v) is 5.45. The Kier molecular flexibility index (Phi) is 6.59. The standard InChI is InChI=1S/C20H23BrN2O2/c21-18-6-2-1-4-15(18)7-8-19(24)23-20(16-9-12-25-13-10-16)17-5-3-11-22-14-17/h1-6,11,14,16,20H,7-10,12-13H2,(H,23,24)/t20-/m0/s1. The first kappa shape index (κ1) is 18.1. The average molecular weight is 403 g/mol. The molecule has 1 saturated heterocycles.